The monoisotopic (exact) mass is 472 g/mol. The number of carboxylic acid groups (broad SMARTS) is 1. The van der Waals surface area contributed by atoms with Crippen LogP contribution in [0, 0.1) is 5.92 Å². The number of carboxylic acids is 1. The molecule has 188 valence electrons. The van der Waals surface area contributed by atoms with Crippen LogP contribution in [0.25, 0.3) is 0 Å². The summed E-state index contributed by atoms with van der Waals surface area (Å²) in [5.41, 5.74) is 0. The maximum atomic E-state index is 12.1. The number of carbonyl (C=O) groups is 2. The third-order valence-corrected chi connectivity index (χ3v) is 6.42. The molecule has 1 unspecified atom stereocenters. The Kier molecular flexibility index (Phi) is 23.9. The summed E-state index contributed by atoms with van der Waals surface area (Å²) < 4.78 is 5.18. The van der Waals surface area contributed by atoms with Gasteiger partial charge in [0.25, 0.3) is 0 Å². The van der Waals surface area contributed by atoms with Crippen molar-refractivity contribution >= 4 is 23.7 Å². The lowest BCUT2D eigenvalue weighted by atomic mass is 10.0. The van der Waals surface area contributed by atoms with Crippen LogP contribution in [0.5, 0.6) is 0 Å². The Labute approximate surface area is 200 Å². The molecule has 1 atom stereocenters. The molecule has 0 aromatic rings. The predicted molar refractivity (Wildman–Crippen MR) is 135 cm³/mol. The molecule has 0 amide bonds. The van der Waals surface area contributed by atoms with E-state index in [1.165, 1.54) is 95.2 Å². The van der Waals surface area contributed by atoms with E-state index in [1.807, 2.05) is 6.08 Å². The summed E-state index contributed by atoms with van der Waals surface area (Å²) in [5.74, 6) is -0.983. The highest BCUT2D eigenvalue weighted by Crippen LogP contribution is 2.14. The number of hydrogen-bond acceptors (Lipinski definition) is 5. The number of aliphatic hydroxyl groups excluding tert-OH is 1. The lowest BCUT2D eigenvalue weighted by Gasteiger charge is -2.10. The molecule has 0 rings (SSSR count). The summed E-state index contributed by atoms with van der Waals surface area (Å²) in [7, 11) is 0. The third-order valence-electron chi connectivity index (χ3n) is 5.50. The Bertz CT molecular complexity index is 467. The zero-order chi connectivity index (χ0) is 23.7. The number of hydrogen-bond donors (Lipinski definition) is 2. The van der Waals surface area contributed by atoms with Crippen LogP contribution < -0.4 is 0 Å². The van der Waals surface area contributed by atoms with Crippen molar-refractivity contribution in [2.75, 3.05) is 24.7 Å². The standard InChI is InChI=1S/C26H48O5S/c1-2-3-4-5-6-7-8-9-10-11-12-13-14-15-16-17-18-24(23-25(28)29)26(30)31-20-22-32-21-19-27/h17-18,24,27H,2-16,19-23H2,1H3,(H,28,29). The molecule has 0 saturated heterocycles. The second-order valence-corrected chi connectivity index (χ2v) is 9.75. The summed E-state index contributed by atoms with van der Waals surface area (Å²) >= 11 is 1.50. The molecule has 0 heterocycles. The SMILES string of the molecule is CCCCCCCCCCCCCCCCC=CC(CC(=O)O)C(=O)OCCSCCO. The molecular weight excluding hydrogens is 424 g/mol. The molecule has 0 aromatic heterocycles. The van der Waals surface area contributed by atoms with E-state index >= 15 is 0 Å². The topological polar surface area (TPSA) is 83.8 Å². The molecule has 0 aliphatic carbocycles. The van der Waals surface area contributed by atoms with E-state index in [0.717, 1.165) is 12.8 Å². The van der Waals surface area contributed by atoms with Crippen molar-refractivity contribution in [3.8, 4) is 0 Å². The largest absolute Gasteiger partial charge is 0.481 e. The van der Waals surface area contributed by atoms with E-state index in [9.17, 15) is 9.59 Å². The van der Waals surface area contributed by atoms with E-state index in [2.05, 4.69) is 6.92 Å². The maximum Gasteiger partial charge on any atom is 0.313 e. The van der Waals surface area contributed by atoms with Gasteiger partial charge in [-0.3, -0.25) is 9.59 Å². The van der Waals surface area contributed by atoms with Gasteiger partial charge >= 0.3 is 11.9 Å². The van der Waals surface area contributed by atoms with Crippen LogP contribution in [0.1, 0.15) is 110 Å². The second kappa shape index (κ2) is 24.6. The minimum Gasteiger partial charge on any atom is -0.481 e. The van der Waals surface area contributed by atoms with Gasteiger partial charge in [0.1, 0.15) is 6.61 Å². The van der Waals surface area contributed by atoms with Crippen LogP contribution in [0.2, 0.25) is 0 Å². The van der Waals surface area contributed by atoms with Crippen molar-refractivity contribution in [1.82, 2.24) is 0 Å². The number of aliphatic carboxylic acids is 1. The lowest BCUT2D eigenvalue weighted by Crippen LogP contribution is -2.20. The van der Waals surface area contributed by atoms with E-state index < -0.39 is 17.9 Å². The van der Waals surface area contributed by atoms with Crippen LogP contribution in [-0.2, 0) is 14.3 Å². The van der Waals surface area contributed by atoms with Gasteiger partial charge in [0.2, 0.25) is 0 Å². The maximum absolute atomic E-state index is 12.1. The van der Waals surface area contributed by atoms with Gasteiger partial charge < -0.3 is 14.9 Å². The summed E-state index contributed by atoms with van der Waals surface area (Å²) in [5, 5.41) is 17.8. The van der Waals surface area contributed by atoms with Crippen molar-refractivity contribution in [2.45, 2.75) is 110 Å². The molecular formula is C26H48O5S. The van der Waals surface area contributed by atoms with Crippen LogP contribution in [0.4, 0.5) is 0 Å². The molecule has 0 saturated carbocycles. The molecule has 6 heteroatoms. The lowest BCUT2D eigenvalue weighted by molar-refractivity contribution is -0.150. The smallest absolute Gasteiger partial charge is 0.313 e. The zero-order valence-electron chi connectivity index (χ0n) is 20.4. The highest BCUT2D eigenvalue weighted by atomic mass is 32.2. The van der Waals surface area contributed by atoms with Gasteiger partial charge in [0, 0.05) is 11.5 Å². The molecule has 32 heavy (non-hydrogen) atoms. The Morgan fingerprint density at radius 3 is 1.88 bits per heavy atom. The molecule has 0 aliphatic heterocycles. The number of esters is 1. The van der Waals surface area contributed by atoms with Gasteiger partial charge in [-0.2, -0.15) is 11.8 Å². The van der Waals surface area contributed by atoms with Crippen LogP contribution in [-0.4, -0.2) is 46.9 Å². The minimum atomic E-state index is -0.997. The van der Waals surface area contributed by atoms with Crippen molar-refractivity contribution in [3.05, 3.63) is 12.2 Å². The zero-order valence-corrected chi connectivity index (χ0v) is 21.2. The Balaban J connectivity index is 3.70. The van der Waals surface area contributed by atoms with Gasteiger partial charge in [-0.05, 0) is 12.8 Å². The fourth-order valence-electron chi connectivity index (χ4n) is 3.61. The predicted octanol–water partition coefficient (Wildman–Crippen LogP) is 6.77. The number of unbranched alkanes of at least 4 members (excludes halogenated alkanes) is 14. The normalized spacial score (nSPS) is 12.3. The number of ether oxygens (including phenoxy) is 1. The van der Waals surface area contributed by atoms with Crippen LogP contribution in [0.3, 0.4) is 0 Å². The van der Waals surface area contributed by atoms with E-state index in [1.54, 1.807) is 6.08 Å². The fourth-order valence-corrected chi connectivity index (χ4v) is 4.14. The van der Waals surface area contributed by atoms with Crippen molar-refractivity contribution in [2.24, 2.45) is 5.92 Å². The van der Waals surface area contributed by atoms with Gasteiger partial charge in [-0.1, -0.05) is 103 Å². The van der Waals surface area contributed by atoms with Crippen molar-refractivity contribution in [3.63, 3.8) is 0 Å². The summed E-state index contributed by atoms with van der Waals surface area (Å²) in [6, 6.07) is 0. The first-order chi connectivity index (χ1) is 15.6. The summed E-state index contributed by atoms with van der Waals surface area (Å²) in [4.78, 5) is 23.1. The number of carbonyl (C=O) groups excluding carboxylic acids is 1. The first kappa shape index (κ1) is 31.0. The highest BCUT2D eigenvalue weighted by Gasteiger charge is 2.20. The van der Waals surface area contributed by atoms with Crippen LogP contribution in [0.15, 0.2) is 12.2 Å². The van der Waals surface area contributed by atoms with Gasteiger partial charge in [-0.25, -0.2) is 0 Å². The first-order valence-electron chi connectivity index (χ1n) is 12.9. The highest BCUT2D eigenvalue weighted by molar-refractivity contribution is 7.99. The summed E-state index contributed by atoms with van der Waals surface area (Å²) in [6.45, 7) is 2.60. The Hall–Kier alpha value is -1.01. The van der Waals surface area contributed by atoms with E-state index in [-0.39, 0.29) is 19.6 Å². The molecule has 0 bridgehead atoms. The molecule has 0 aromatic carbocycles. The molecule has 0 radical (unpaired) electrons. The minimum absolute atomic E-state index is 0.0994. The van der Waals surface area contributed by atoms with E-state index in [0.29, 0.717) is 11.5 Å². The first-order valence-corrected chi connectivity index (χ1v) is 14.0. The molecule has 0 aliphatic rings. The van der Waals surface area contributed by atoms with E-state index in [4.69, 9.17) is 14.9 Å². The fraction of sp³-hybridized carbons (Fsp3) is 0.846. The van der Waals surface area contributed by atoms with Gasteiger partial charge in [0.05, 0.1) is 18.9 Å². The van der Waals surface area contributed by atoms with Crippen molar-refractivity contribution < 1.29 is 24.5 Å². The Morgan fingerprint density at radius 2 is 1.38 bits per heavy atom. The van der Waals surface area contributed by atoms with Gasteiger partial charge in [0.15, 0.2) is 0 Å². The number of aliphatic hydroxyl groups is 1. The van der Waals surface area contributed by atoms with Crippen LogP contribution >= 0.6 is 11.8 Å². The average molecular weight is 473 g/mol. The molecule has 2 N–H and O–H groups in total. The van der Waals surface area contributed by atoms with Crippen molar-refractivity contribution in [1.29, 1.82) is 0 Å². The third kappa shape index (κ3) is 22.2. The quantitative estimate of drug-likeness (QED) is 0.0915. The number of rotatable bonds is 24. The second-order valence-electron chi connectivity index (χ2n) is 8.52. The average Bonchev–Trinajstić information content (AvgIpc) is 2.77. The number of thioether (sulfide) groups is 1. The Morgan fingerprint density at radius 1 is 0.844 bits per heavy atom. The number of allylic oxidation sites excluding steroid dienone is 1. The molecule has 0 spiro atoms. The van der Waals surface area contributed by atoms with Gasteiger partial charge in [-0.15, -0.1) is 0 Å². The molecule has 0 fully saturated rings. The summed E-state index contributed by atoms with van der Waals surface area (Å²) in [6.07, 6.45) is 22.8. The molecule has 5 nitrogen and oxygen atoms in total.